The van der Waals surface area contributed by atoms with E-state index >= 15 is 0 Å². The van der Waals surface area contributed by atoms with Gasteiger partial charge in [-0.05, 0) is 27.2 Å². The van der Waals surface area contributed by atoms with Gasteiger partial charge in [-0.2, -0.15) is 5.26 Å². The number of aliphatic hydroxyl groups excluding tert-OH is 1. The molecule has 162 valence electrons. The largest absolute Gasteiger partial charge is 0.387 e. The van der Waals surface area contributed by atoms with Crippen LogP contribution in [0.15, 0.2) is 0 Å². The third-order valence-electron chi connectivity index (χ3n) is 4.81. The van der Waals surface area contributed by atoms with E-state index in [1.807, 2.05) is 6.07 Å². The van der Waals surface area contributed by atoms with Crippen LogP contribution in [0.25, 0.3) is 0 Å². The summed E-state index contributed by atoms with van der Waals surface area (Å²) in [6, 6.07) is 1.95. The number of aliphatic hydroxyl groups is 1. The van der Waals surface area contributed by atoms with Gasteiger partial charge in [-0.1, -0.05) is 0 Å². The molecular weight excluding hydrogens is 395 g/mol. The highest BCUT2D eigenvalue weighted by molar-refractivity contribution is 7.62. The molecule has 2 heterocycles. The molecule has 2 aliphatic heterocycles. The number of halogens is 2. The van der Waals surface area contributed by atoms with Crippen LogP contribution in [0.4, 0.5) is 8.78 Å². The molecule has 0 saturated carbocycles. The first kappa shape index (κ1) is 23.6. The fourth-order valence-corrected chi connectivity index (χ4v) is 4.97. The molecule has 2 aliphatic rings. The highest BCUT2D eigenvalue weighted by Crippen LogP contribution is 2.48. The van der Waals surface area contributed by atoms with E-state index in [1.54, 1.807) is 14.0 Å². The summed E-state index contributed by atoms with van der Waals surface area (Å²) < 4.78 is 51.0. The molecule has 0 aromatic carbocycles. The first-order valence-corrected chi connectivity index (χ1v) is 11.1. The zero-order valence-corrected chi connectivity index (χ0v) is 17.3. The average molecular weight is 425 g/mol. The number of alkyl halides is 2. The minimum Gasteiger partial charge on any atom is -0.387 e. The number of rotatable bonds is 10. The van der Waals surface area contributed by atoms with Crippen LogP contribution in [0.3, 0.4) is 0 Å². The fraction of sp³-hybridized carbons (Fsp3) is 0.882. The van der Waals surface area contributed by atoms with E-state index < -0.39 is 56.5 Å². The third kappa shape index (κ3) is 5.71. The maximum absolute atomic E-state index is 14.6. The normalized spacial score (nSPS) is 40.3. The van der Waals surface area contributed by atoms with Crippen molar-refractivity contribution in [3.63, 3.8) is 0 Å². The number of likely N-dealkylation sites (N-methyl/N-ethyl adjacent to an activating group) is 1. The van der Waals surface area contributed by atoms with Gasteiger partial charge in [0.05, 0.1) is 43.5 Å². The molecule has 0 aromatic heterocycles. The summed E-state index contributed by atoms with van der Waals surface area (Å²) in [5, 5.41) is 24.6. The number of ether oxygens (including phenoxy) is 2. The Morgan fingerprint density at radius 2 is 1.82 bits per heavy atom. The van der Waals surface area contributed by atoms with Crippen molar-refractivity contribution in [2.45, 2.75) is 69.2 Å². The van der Waals surface area contributed by atoms with E-state index in [9.17, 15) is 13.9 Å². The SMILES string of the molecule is C=P(NC[C@H]1O[C@@H](C)[C@@H](F)C1O)(OCCC#N)O[C@@H]1C(F)[C@H](C)O[C@@H]1CNC. The Balaban J connectivity index is 2.07. The van der Waals surface area contributed by atoms with Crippen molar-refractivity contribution in [1.29, 1.82) is 5.26 Å². The minimum absolute atomic E-state index is 0.00648. The lowest BCUT2D eigenvalue weighted by atomic mass is 10.1. The lowest BCUT2D eigenvalue weighted by Gasteiger charge is -2.31. The van der Waals surface area contributed by atoms with Crippen molar-refractivity contribution in [3.05, 3.63) is 0 Å². The second-order valence-corrected chi connectivity index (χ2v) is 9.18. The zero-order chi connectivity index (χ0) is 20.9. The molecule has 0 spiro atoms. The molecule has 0 aromatic rings. The molecular formula is C17H30F2N3O5P. The van der Waals surface area contributed by atoms with Crippen LogP contribution >= 0.6 is 7.49 Å². The minimum atomic E-state index is -3.10. The molecule has 2 fully saturated rings. The van der Waals surface area contributed by atoms with Crippen LogP contribution < -0.4 is 10.4 Å². The van der Waals surface area contributed by atoms with E-state index in [1.165, 1.54) is 6.92 Å². The Morgan fingerprint density at radius 1 is 1.18 bits per heavy atom. The van der Waals surface area contributed by atoms with Gasteiger partial charge in [0.15, 0.2) is 19.8 Å². The predicted octanol–water partition coefficient (Wildman–Crippen LogP) is 0.917. The first-order valence-electron chi connectivity index (χ1n) is 9.32. The van der Waals surface area contributed by atoms with Crippen molar-refractivity contribution >= 4 is 13.8 Å². The van der Waals surface area contributed by atoms with Crippen LogP contribution in [-0.4, -0.2) is 87.1 Å². The van der Waals surface area contributed by atoms with Gasteiger partial charge in [0.1, 0.15) is 12.2 Å². The molecule has 8 nitrogen and oxygen atoms in total. The van der Waals surface area contributed by atoms with E-state index in [0.717, 1.165) is 0 Å². The first-order chi connectivity index (χ1) is 13.2. The van der Waals surface area contributed by atoms with Gasteiger partial charge in [-0.3, -0.25) is 5.09 Å². The lowest BCUT2D eigenvalue weighted by molar-refractivity contribution is 0.0151. The maximum Gasteiger partial charge on any atom is 0.187 e. The lowest BCUT2D eigenvalue weighted by Crippen LogP contribution is -2.40. The van der Waals surface area contributed by atoms with Gasteiger partial charge < -0.3 is 28.9 Å². The molecule has 0 aliphatic carbocycles. The third-order valence-corrected chi connectivity index (χ3v) is 6.66. The Bertz CT molecular complexity index is 596. The smallest absolute Gasteiger partial charge is 0.187 e. The quantitative estimate of drug-likeness (QED) is 0.351. The van der Waals surface area contributed by atoms with Gasteiger partial charge in [0, 0.05) is 13.1 Å². The zero-order valence-electron chi connectivity index (χ0n) is 16.4. The number of hydrogen-bond acceptors (Lipinski definition) is 8. The summed E-state index contributed by atoms with van der Waals surface area (Å²) in [6.07, 6.45) is -3.79. The second kappa shape index (κ2) is 10.4. The van der Waals surface area contributed by atoms with Gasteiger partial charge >= 0.3 is 0 Å². The van der Waals surface area contributed by atoms with E-state index in [-0.39, 0.29) is 19.6 Å². The van der Waals surface area contributed by atoms with Gasteiger partial charge in [0.2, 0.25) is 0 Å². The monoisotopic (exact) mass is 425 g/mol. The standard InChI is InChI=1S/C17H30F2N3O5P/c1-10-14(18)16(23)12(25-10)9-22-28(4,24-7-5-6-20)27-17-13(8-21-3)26-11(2)15(17)19/h10-17,21-23H,4-5,7-9H2,1-3H3/t10-,11-,12+,13+,14+,15?,16?,17-,28?/m0/s1. The van der Waals surface area contributed by atoms with Crippen molar-refractivity contribution in [1.82, 2.24) is 10.4 Å². The molecule has 0 bridgehead atoms. The average Bonchev–Trinajstić information content (AvgIpc) is 3.05. The van der Waals surface area contributed by atoms with Crippen molar-refractivity contribution in [2.24, 2.45) is 0 Å². The van der Waals surface area contributed by atoms with Crippen molar-refractivity contribution in [3.8, 4) is 6.07 Å². The van der Waals surface area contributed by atoms with Crippen molar-refractivity contribution < 1.29 is 32.4 Å². The topological polar surface area (TPSA) is 105 Å². The maximum atomic E-state index is 14.6. The molecule has 3 N–H and O–H groups in total. The van der Waals surface area contributed by atoms with E-state index in [2.05, 4.69) is 16.7 Å². The Morgan fingerprint density at radius 3 is 2.39 bits per heavy atom. The molecule has 3 unspecified atom stereocenters. The summed E-state index contributed by atoms with van der Waals surface area (Å²) in [6.45, 7) is 3.57. The van der Waals surface area contributed by atoms with Gasteiger partial charge in [-0.25, -0.2) is 8.78 Å². The summed E-state index contributed by atoms with van der Waals surface area (Å²) in [5.41, 5.74) is 0. The van der Waals surface area contributed by atoms with Gasteiger partial charge in [0.25, 0.3) is 0 Å². The highest BCUT2D eigenvalue weighted by atomic mass is 31.2. The van der Waals surface area contributed by atoms with Gasteiger partial charge in [-0.15, -0.1) is 0 Å². The molecule has 0 radical (unpaired) electrons. The van der Waals surface area contributed by atoms with E-state index in [4.69, 9.17) is 23.8 Å². The van der Waals surface area contributed by atoms with Crippen molar-refractivity contribution in [2.75, 3.05) is 26.7 Å². The van der Waals surface area contributed by atoms with E-state index in [0.29, 0.717) is 6.54 Å². The molecule has 2 rings (SSSR count). The van der Waals surface area contributed by atoms with Crippen LogP contribution in [0.2, 0.25) is 0 Å². The predicted molar refractivity (Wildman–Crippen MR) is 101 cm³/mol. The highest BCUT2D eigenvalue weighted by Gasteiger charge is 2.46. The molecule has 0 amide bonds. The Labute approximate surface area is 164 Å². The number of nitrogens with one attached hydrogen (secondary N) is 2. The van der Waals surface area contributed by atoms with Crippen LogP contribution in [0.5, 0.6) is 0 Å². The molecule has 11 heteroatoms. The summed E-state index contributed by atoms with van der Waals surface area (Å²) in [4.78, 5) is 0. The van der Waals surface area contributed by atoms with Crippen LogP contribution in [0.1, 0.15) is 20.3 Å². The summed E-state index contributed by atoms with van der Waals surface area (Å²) >= 11 is 0. The van der Waals surface area contributed by atoms with Crippen LogP contribution in [0, 0.1) is 11.3 Å². The second-order valence-electron chi connectivity index (χ2n) is 7.04. The number of nitrogens with zero attached hydrogens (tertiary/aromatic N) is 1. The Kier molecular flexibility index (Phi) is 8.80. The molecule has 9 atom stereocenters. The number of hydrogen-bond donors (Lipinski definition) is 3. The van der Waals surface area contributed by atoms with Crippen LogP contribution in [-0.2, 0) is 18.5 Å². The number of nitriles is 1. The summed E-state index contributed by atoms with van der Waals surface area (Å²) in [7, 11) is -1.38. The molecule has 28 heavy (non-hydrogen) atoms. The summed E-state index contributed by atoms with van der Waals surface area (Å²) in [5.74, 6) is 0. The fourth-order valence-electron chi connectivity index (χ4n) is 3.25. The Hall–Kier alpha value is -0.630. The molecule has 2 saturated heterocycles.